The molecule has 0 aromatic carbocycles. The van der Waals surface area contributed by atoms with Crippen molar-refractivity contribution in [2.45, 2.75) is 64.6 Å². The molecule has 96 valence electrons. The van der Waals surface area contributed by atoms with E-state index in [0.717, 1.165) is 18.5 Å². The maximum Gasteiger partial charge on any atom is 0.0946 e. The van der Waals surface area contributed by atoms with Crippen LogP contribution in [-0.4, -0.2) is 21.6 Å². The molecule has 0 spiro atoms. The molecule has 1 aliphatic rings. The third-order valence-electron chi connectivity index (χ3n) is 3.99. The van der Waals surface area contributed by atoms with Crippen LogP contribution in [-0.2, 0) is 6.54 Å². The highest BCUT2D eigenvalue weighted by atomic mass is 15.1. The van der Waals surface area contributed by atoms with Gasteiger partial charge in [0.25, 0.3) is 0 Å². The van der Waals surface area contributed by atoms with Crippen LogP contribution in [0, 0.1) is 5.92 Å². The zero-order valence-corrected chi connectivity index (χ0v) is 11.1. The number of nitrogens with one attached hydrogen (secondary N) is 1. The molecule has 0 aliphatic heterocycles. The quantitative estimate of drug-likeness (QED) is 0.850. The van der Waals surface area contributed by atoms with E-state index in [2.05, 4.69) is 28.7 Å². The minimum atomic E-state index is 0.535. The molecule has 0 radical (unpaired) electrons. The van der Waals surface area contributed by atoms with Crippen LogP contribution < -0.4 is 5.32 Å². The fraction of sp³-hybridized carbons (Fsp3) is 0.786. The third-order valence-corrected chi connectivity index (χ3v) is 3.99. The van der Waals surface area contributed by atoms with Crippen LogP contribution in [0.5, 0.6) is 0 Å². The molecule has 1 N–H and O–H groups in total. The molecule has 3 heteroatoms. The predicted octanol–water partition coefficient (Wildman–Crippen LogP) is 2.83. The van der Waals surface area contributed by atoms with E-state index in [1.54, 1.807) is 0 Å². The molecule has 0 saturated heterocycles. The monoisotopic (exact) mass is 235 g/mol. The fourth-order valence-electron chi connectivity index (χ4n) is 2.90. The van der Waals surface area contributed by atoms with Crippen LogP contribution in [0.4, 0.5) is 0 Å². The Morgan fingerprint density at radius 2 is 2.12 bits per heavy atom. The summed E-state index contributed by atoms with van der Waals surface area (Å²) in [5, 5.41) is 3.75. The number of nitrogens with zero attached hydrogens (tertiary/aromatic N) is 2. The molecular formula is C14H25N3. The molecule has 3 nitrogen and oxygen atoms in total. The fourth-order valence-corrected chi connectivity index (χ4v) is 2.90. The average Bonchev–Trinajstić information content (AvgIpc) is 2.82. The van der Waals surface area contributed by atoms with Gasteiger partial charge in [0.05, 0.1) is 6.33 Å². The van der Waals surface area contributed by atoms with E-state index >= 15 is 0 Å². The molecule has 2 rings (SSSR count). The Hall–Kier alpha value is -0.830. The lowest BCUT2D eigenvalue weighted by Crippen LogP contribution is -2.40. The van der Waals surface area contributed by atoms with Gasteiger partial charge < -0.3 is 9.88 Å². The molecule has 1 fully saturated rings. The van der Waals surface area contributed by atoms with Gasteiger partial charge >= 0.3 is 0 Å². The standard InChI is InChI=1S/C14H25N3/c1-3-13-4-6-14(7-5-13)16-12(2)10-17-9-8-15-11-17/h8-9,11-14,16H,3-7,10H2,1-2H3. The lowest BCUT2D eigenvalue weighted by atomic mass is 9.84. The van der Waals surface area contributed by atoms with Crippen molar-refractivity contribution in [3.05, 3.63) is 18.7 Å². The van der Waals surface area contributed by atoms with Crippen LogP contribution in [0.25, 0.3) is 0 Å². The molecule has 0 bridgehead atoms. The highest BCUT2D eigenvalue weighted by Gasteiger charge is 2.20. The number of hydrogen-bond donors (Lipinski definition) is 1. The highest BCUT2D eigenvalue weighted by molar-refractivity contribution is 4.81. The molecule has 1 atom stereocenters. The largest absolute Gasteiger partial charge is 0.336 e. The van der Waals surface area contributed by atoms with Crippen molar-refractivity contribution in [1.29, 1.82) is 0 Å². The molecule has 1 aromatic heterocycles. The predicted molar refractivity (Wildman–Crippen MR) is 70.9 cm³/mol. The first kappa shape index (κ1) is 12.6. The zero-order chi connectivity index (χ0) is 12.1. The van der Waals surface area contributed by atoms with E-state index in [9.17, 15) is 0 Å². The van der Waals surface area contributed by atoms with E-state index in [1.165, 1.54) is 32.1 Å². The summed E-state index contributed by atoms with van der Waals surface area (Å²) < 4.78 is 2.15. The number of hydrogen-bond acceptors (Lipinski definition) is 2. The summed E-state index contributed by atoms with van der Waals surface area (Å²) >= 11 is 0. The van der Waals surface area contributed by atoms with Gasteiger partial charge in [-0.15, -0.1) is 0 Å². The van der Waals surface area contributed by atoms with Gasteiger partial charge in [-0.25, -0.2) is 4.98 Å². The topological polar surface area (TPSA) is 29.9 Å². The molecule has 17 heavy (non-hydrogen) atoms. The van der Waals surface area contributed by atoms with Crippen molar-refractivity contribution in [2.75, 3.05) is 0 Å². The van der Waals surface area contributed by atoms with E-state index in [1.807, 2.05) is 18.7 Å². The smallest absolute Gasteiger partial charge is 0.0946 e. The Labute approximate surface area is 105 Å². The molecule has 1 aromatic rings. The summed E-state index contributed by atoms with van der Waals surface area (Å²) in [6, 6.07) is 1.27. The van der Waals surface area contributed by atoms with Gasteiger partial charge in [-0.2, -0.15) is 0 Å². The Balaban J connectivity index is 1.70. The first-order chi connectivity index (χ1) is 8.28. The van der Waals surface area contributed by atoms with Gasteiger partial charge in [-0.05, 0) is 38.5 Å². The van der Waals surface area contributed by atoms with Crippen LogP contribution in [0.3, 0.4) is 0 Å². The normalized spacial score (nSPS) is 26.9. The second kappa shape index (κ2) is 6.20. The molecular weight excluding hydrogens is 210 g/mol. The summed E-state index contributed by atoms with van der Waals surface area (Å²) in [5.74, 6) is 0.983. The van der Waals surface area contributed by atoms with Gasteiger partial charge in [0.1, 0.15) is 0 Å². The lowest BCUT2D eigenvalue weighted by molar-refractivity contribution is 0.266. The van der Waals surface area contributed by atoms with E-state index in [4.69, 9.17) is 0 Å². The number of imidazole rings is 1. The van der Waals surface area contributed by atoms with Gasteiger partial charge in [0.15, 0.2) is 0 Å². The molecule has 1 saturated carbocycles. The maximum atomic E-state index is 4.08. The Bertz CT molecular complexity index is 299. The first-order valence-electron chi connectivity index (χ1n) is 6.99. The van der Waals surface area contributed by atoms with Crippen molar-refractivity contribution in [3.63, 3.8) is 0 Å². The lowest BCUT2D eigenvalue weighted by Gasteiger charge is -2.30. The minimum absolute atomic E-state index is 0.535. The van der Waals surface area contributed by atoms with Crippen molar-refractivity contribution >= 4 is 0 Å². The van der Waals surface area contributed by atoms with Crippen molar-refractivity contribution in [3.8, 4) is 0 Å². The summed E-state index contributed by atoms with van der Waals surface area (Å²) in [4.78, 5) is 4.08. The van der Waals surface area contributed by atoms with E-state index in [0.29, 0.717) is 6.04 Å². The van der Waals surface area contributed by atoms with Crippen LogP contribution in [0.2, 0.25) is 0 Å². The summed E-state index contributed by atoms with van der Waals surface area (Å²) in [6.07, 6.45) is 12.7. The summed E-state index contributed by atoms with van der Waals surface area (Å²) in [7, 11) is 0. The summed E-state index contributed by atoms with van der Waals surface area (Å²) in [5.41, 5.74) is 0. The average molecular weight is 235 g/mol. The Kier molecular flexibility index (Phi) is 4.60. The van der Waals surface area contributed by atoms with Crippen molar-refractivity contribution in [2.24, 2.45) is 5.92 Å². The van der Waals surface area contributed by atoms with E-state index in [-0.39, 0.29) is 0 Å². The van der Waals surface area contributed by atoms with Gasteiger partial charge in [0.2, 0.25) is 0 Å². The van der Waals surface area contributed by atoms with Crippen molar-refractivity contribution in [1.82, 2.24) is 14.9 Å². The molecule has 1 unspecified atom stereocenters. The van der Waals surface area contributed by atoms with Crippen LogP contribution >= 0.6 is 0 Å². The Morgan fingerprint density at radius 1 is 1.35 bits per heavy atom. The molecule has 1 aliphatic carbocycles. The number of rotatable bonds is 5. The number of aromatic nitrogens is 2. The summed E-state index contributed by atoms with van der Waals surface area (Å²) in [6.45, 7) is 5.61. The van der Waals surface area contributed by atoms with E-state index < -0.39 is 0 Å². The van der Waals surface area contributed by atoms with Gasteiger partial charge in [0, 0.05) is 31.0 Å². The van der Waals surface area contributed by atoms with Crippen LogP contribution in [0.15, 0.2) is 18.7 Å². The van der Waals surface area contributed by atoms with Crippen molar-refractivity contribution < 1.29 is 0 Å². The second-order valence-corrected chi connectivity index (χ2v) is 5.45. The van der Waals surface area contributed by atoms with Gasteiger partial charge in [-0.1, -0.05) is 13.3 Å². The Morgan fingerprint density at radius 3 is 2.71 bits per heavy atom. The maximum absolute atomic E-state index is 4.08. The molecule has 0 amide bonds. The highest BCUT2D eigenvalue weighted by Crippen LogP contribution is 2.26. The second-order valence-electron chi connectivity index (χ2n) is 5.45. The van der Waals surface area contributed by atoms with Crippen LogP contribution in [0.1, 0.15) is 46.0 Å². The molecule has 1 heterocycles. The van der Waals surface area contributed by atoms with Gasteiger partial charge in [-0.3, -0.25) is 0 Å². The first-order valence-corrected chi connectivity index (χ1v) is 6.99. The zero-order valence-electron chi connectivity index (χ0n) is 11.1. The SMILES string of the molecule is CCC1CCC(NC(C)Cn2ccnc2)CC1. The minimum Gasteiger partial charge on any atom is -0.336 e. The third kappa shape index (κ3) is 3.84.